The number of nitrogens with zero attached hydrogens (tertiary/aromatic N) is 5. The molecule has 180 valence electrons. The Morgan fingerprint density at radius 2 is 1.80 bits per heavy atom. The maximum atomic E-state index is 12.8. The van der Waals surface area contributed by atoms with Crippen molar-refractivity contribution in [3.8, 4) is 0 Å². The molecule has 0 unspecified atom stereocenters. The third kappa shape index (κ3) is 5.70. The highest BCUT2D eigenvalue weighted by molar-refractivity contribution is 7.99. The molecule has 9 heteroatoms. The molecule has 2 heterocycles. The molecule has 0 spiro atoms. The molecule has 0 saturated heterocycles. The number of anilines is 1. The van der Waals surface area contributed by atoms with Gasteiger partial charge in [-0.1, -0.05) is 78.5 Å². The molecular weight excluding hydrogens is 460 g/mol. The van der Waals surface area contributed by atoms with Crippen LogP contribution in [0.5, 0.6) is 0 Å². The molecule has 0 radical (unpaired) electrons. The number of aliphatic hydroxyl groups excluding tert-OH is 1. The maximum absolute atomic E-state index is 12.8. The average molecular weight is 489 g/mol. The second-order valence-corrected chi connectivity index (χ2v) is 9.02. The summed E-state index contributed by atoms with van der Waals surface area (Å²) in [5, 5.41) is 27.3. The van der Waals surface area contributed by atoms with E-state index in [1.165, 1.54) is 11.8 Å². The number of aromatic nitrogens is 5. The summed E-state index contributed by atoms with van der Waals surface area (Å²) in [7, 11) is 0. The number of carbonyl (C=O) groups is 1. The molecule has 35 heavy (non-hydrogen) atoms. The Balaban J connectivity index is 1.44. The second kappa shape index (κ2) is 11.2. The zero-order chi connectivity index (χ0) is 24.8. The van der Waals surface area contributed by atoms with Crippen LogP contribution >= 0.6 is 11.8 Å². The fourth-order valence-electron chi connectivity index (χ4n) is 3.79. The fourth-order valence-corrected chi connectivity index (χ4v) is 4.54. The summed E-state index contributed by atoms with van der Waals surface area (Å²) in [6, 6.07) is 19.3. The molecule has 2 N–H and O–H groups in total. The lowest BCUT2D eigenvalue weighted by Crippen LogP contribution is -2.16. The van der Waals surface area contributed by atoms with E-state index in [0.29, 0.717) is 24.1 Å². The zero-order valence-electron chi connectivity index (χ0n) is 19.8. The average Bonchev–Trinajstić information content (AvgIpc) is 3.39. The third-order valence-corrected chi connectivity index (χ3v) is 6.54. The summed E-state index contributed by atoms with van der Waals surface area (Å²) in [6.45, 7) is 8.68. The first-order valence-electron chi connectivity index (χ1n) is 11.3. The van der Waals surface area contributed by atoms with Gasteiger partial charge in [-0.15, -0.1) is 16.8 Å². The molecule has 0 bridgehead atoms. The minimum atomic E-state index is -0.924. The lowest BCUT2D eigenvalue weighted by molar-refractivity contribution is -0.113. The van der Waals surface area contributed by atoms with Crippen molar-refractivity contribution in [2.45, 2.75) is 38.2 Å². The van der Waals surface area contributed by atoms with Crippen LogP contribution in [0.4, 0.5) is 5.69 Å². The van der Waals surface area contributed by atoms with E-state index in [9.17, 15) is 9.90 Å². The zero-order valence-corrected chi connectivity index (χ0v) is 20.6. The lowest BCUT2D eigenvalue weighted by atomic mass is 10.1. The van der Waals surface area contributed by atoms with Gasteiger partial charge in [-0.05, 0) is 25.0 Å². The van der Waals surface area contributed by atoms with E-state index in [1.807, 2.05) is 79.2 Å². The first-order valence-corrected chi connectivity index (χ1v) is 12.2. The molecule has 2 aromatic heterocycles. The van der Waals surface area contributed by atoms with E-state index in [0.717, 1.165) is 28.2 Å². The number of hydrogen-bond acceptors (Lipinski definition) is 6. The van der Waals surface area contributed by atoms with Crippen LogP contribution in [0.3, 0.4) is 0 Å². The first-order chi connectivity index (χ1) is 17.0. The molecule has 0 aliphatic heterocycles. The van der Waals surface area contributed by atoms with E-state index in [2.05, 4.69) is 27.2 Å². The van der Waals surface area contributed by atoms with Gasteiger partial charge in [-0.2, -0.15) is 5.10 Å². The molecular formula is C26H28N6O2S. The van der Waals surface area contributed by atoms with Crippen molar-refractivity contribution in [2.24, 2.45) is 0 Å². The predicted octanol–water partition coefficient (Wildman–Crippen LogP) is 4.14. The SMILES string of the molecule is C=CCn1c(SCC(=O)Nc2c(C)nn(Cc3ccccc3)c2C)nnc1[C@@H](O)c1ccccc1. The summed E-state index contributed by atoms with van der Waals surface area (Å²) < 4.78 is 3.67. The Hall–Kier alpha value is -3.69. The quantitative estimate of drug-likeness (QED) is 0.257. The van der Waals surface area contributed by atoms with Gasteiger partial charge >= 0.3 is 0 Å². The second-order valence-electron chi connectivity index (χ2n) is 8.08. The Kier molecular flexibility index (Phi) is 7.79. The van der Waals surface area contributed by atoms with E-state index < -0.39 is 6.10 Å². The highest BCUT2D eigenvalue weighted by atomic mass is 32.2. The Labute approximate surface area is 208 Å². The number of rotatable bonds is 10. The summed E-state index contributed by atoms with van der Waals surface area (Å²) >= 11 is 1.26. The number of aryl methyl sites for hydroxylation is 1. The molecule has 2 aromatic carbocycles. The molecule has 0 aliphatic carbocycles. The standard InChI is InChI=1S/C26H28N6O2S/c1-4-15-31-25(24(34)21-13-9-6-10-14-21)28-29-26(31)35-17-22(33)27-23-18(2)30-32(19(23)3)16-20-11-7-5-8-12-20/h4-14,24,34H,1,15-17H2,2-3H3,(H,27,33)/t24-/m0/s1. The number of aliphatic hydroxyl groups is 1. The number of allylic oxidation sites excluding steroid dienone is 1. The van der Waals surface area contributed by atoms with Gasteiger partial charge in [0, 0.05) is 6.54 Å². The van der Waals surface area contributed by atoms with E-state index in [-0.39, 0.29) is 11.7 Å². The molecule has 4 aromatic rings. The van der Waals surface area contributed by atoms with Crippen LogP contribution in [0.1, 0.15) is 34.4 Å². The van der Waals surface area contributed by atoms with Gasteiger partial charge in [0.1, 0.15) is 6.10 Å². The Morgan fingerprint density at radius 3 is 2.49 bits per heavy atom. The van der Waals surface area contributed by atoms with Gasteiger partial charge in [0.25, 0.3) is 0 Å². The monoisotopic (exact) mass is 488 g/mol. The van der Waals surface area contributed by atoms with E-state index >= 15 is 0 Å². The van der Waals surface area contributed by atoms with Gasteiger partial charge in [0.2, 0.25) is 5.91 Å². The van der Waals surface area contributed by atoms with Crippen LogP contribution in [-0.4, -0.2) is 41.3 Å². The number of carbonyl (C=O) groups excluding carboxylic acids is 1. The largest absolute Gasteiger partial charge is 0.380 e. The molecule has 1 amide bonds. The normalized spacial score (nSPS) is 11.9. The molecule has 0 saturated carbocycles. The summed E-state index contributed by atoms with van der Waals surface area (Å²) in [5.41, 5.74) is 4.24. The number of thioether (sulfide) groups is 1. The van der Waals surface area contributed by atoms with Crippen LogP contribution in [-0.2, 0) is 17.9 Å². The molecule has 1 atom stereocenters. The van der Waals surface area contributed by atoms with Gasteiger partial charge in [0.15, 0.2) is 11.0 Å². The van der Waals surface area contributed by atoms with Crippen molar-refractivity contribution >= 4 is 23.4 Å². The number of benzene rings is 2. The highest BCUT2D eigenvalue weighted by Gasteiger charge is 2.21. The summed E-state index contributed by atoms with van der Waals surface area (Å²) in [6.07, 6.45) is 0.787. The summed E-state index contributed by atoms with van der Waals surface area (Å²) in [5.74, 6) is 0.381. The molecule has 4 rings (SSSR count). The van der Waals surface area contributed by atoms with Crippen LogP contribution in [0.15, 0.2) is 78.5 Å². The van der Waals surface area contributed by atoms with E-state index in [1.54, 1.807) is 10.6 Å². The van der Waals surface area contributed by atoms with Crippen molar-refractivity contribution in [2.75, 3.05) is 11.1 Å². The van der Waals surface area contributed by atoms with Crippen molar-refractivity contribution < 1.29 is 9.90 Å². The smallest absolute Gasteiger partial charge is 0.234 e. The van der Waals surface area contributed by atoms with Crippen molar-refractivity contribution in [1.29, 1.82) is 0 Å². The highest BCUT2D eigenvalue weighted by Crippen LogP contribution is 2.26. The first kappa shape index (κ1) is 24.4. The number of amides is 1. The minimum absolute atomic E-state index is 0.138. The van der Waals surface area contributed by atoms with Gasteiger partial charge in [-0.25, -0.2) is 0 Å². The van der Waals surface area contributed by atoms with Crippen LogP contribution < -0.4 is 5.32 Å². The van der Waals surface area contributed by atoms with E-state index in [4.69, 9.17) is 0 Å². The van der Waals surface area contributed by atoms with Crippen LogP contribution in [0, 0.1) is 13.8 Å². The van der Waals surface area contributed by atoms with Crippen LogP contribution in [0.25, 0.3) is 0 Å². The van der Waals surface area contributed by atoms with Gasteiger partial charge < -0.3 is 10.4 Å². The topological polar surface area (TPSA) is 97.9 Å². The third-order valence-electron chi connectivity index (χ3n) is 5.57. The molecule has 0 aliphatic rings. The van der Waals surface area contributed by atoms with Gasteiger partial charge in [0.05, 0.1) is 29.4 Å². The fraction of sp³-hybridized carbons (Fsp3) is 0.231. The Bertz CT molecular complexity index is 1300. The number of hydrogen-bond donors (Lipinski definition) is 2. The van der Waals surface area contributed by atoms with Crippen molar-refractivity contribution in [3.05, 3.63) is 102 Å². The minimum Gasteiger partial charge on any atom is -0.380 e. The molecule has 8 nitrogen and oxygen atoms in total. The van der Waals surface area contributed by atoms with Crippen LogP contribution in [0.2, 0.25) is 0 Å². The lowest BCUT2D eigenvalue weighted by Gasteiger charge is -2.13. The van der Waals surface area contributed by atoms with Gasteiger partial charge in [-0.3, -0.25) is 14.0 Å². The summed E-state index contributed by atoms with van der Waals surface area (Å²) in [4.78, 5) is 12.8. The van der Waals surface area contributed by atoms with Crippen molar-refractivity contribution in [3.63, 3.8) is 0 Å². The number of nitrogens with one attached hydrogen (secondary N) is 1. The predicted molar refractivity (Wildman–Crippen MR) is 137 cm³/mol. The molecule has 0 fully saturated rings. The Morgan fingerprint density at radius 1 is 1.11 bits per heavy atom. The maximum Gasteiger partial charge on any atom is 0.234 e. The van der Waals surface area contributed by atoms with Crippen molar-refractivity contribution in [1.82, 2.24) is 24.5 Å².